The zero-order valence-corrected chi connectivity index (χ0v) is 15.1. The van der Waals surface area contributed by atoms with E-state index >= 15 is 0 Å². The molecule has 0 amide bonds. The number of fused-ring (bicyclic) bond motifs is 4. The van der Waals surface area contributed by atoms with Crippen LogP contribution in [0.5, 0.6) is 23.0 Å². The number of hydrogen-bond donors (Lipinski definition) is 1. The van der Waals surface area contributed by atoms with Gasteiger partial charge in [0.1, 0.15) is 0 Å². The zero-order valence-electron chi connectivity index (χ0n) is 15.1. The minimum atomic E-state index is 0.258. The van der Waals surface area contributed by atoms with Crippen molar-refractivity contribution in [2.45, 2.75) is 12.8 Å². The SMILES string of the molecule is CNCCCc1cc2c(cc1-c1cc3ccc4c(c3cn1)OCO4)OCO2. The first kappa shape index (κ1) is 16.2. The monoisotopic (exact) mass is 364 g/mol. The number of aromatic nitrogens is 1. The van der Waals surface area contributed by atoms with Crippen LogP contribution in [0.2, 0.25) is 0 Å². The largest absolute Gasteiger partial charge is 0.454 e. The molecule has 2 aromatic carbocycles. The van der Waals surface area contributed by atoms with Crippen molar-refractivity contribution in [2.24, 2.45) is 0 Å². The van der Waals surface area contributed by atoms with Crippen LogP contribution >= 0.6 is 0 Å². The maximum Gasteiger partial charge on any atom is 0.231 e. The molecule has 0 atom stereocenters. The Morgan fingerprint density at radius 1 is 0.963 bits per heavy atom. The lowest BCUT2D eigenvalue weighted by Crippen LogP contribution is -2.08. The molecule has 27 heavy (non-hydrogen) atoms. The molecule has 0 aliphatic carbocycles. The molecule has 5 rings (SSSR count). The van der Waals surface area contributed by atoms with Crippen LogP contribution in [0.3, 0.4) is 0 Å². The van der Waals surface area contributed by atoms with Crippen LogP contribution in [0.1, 0.15) is 12.0 Å². The highest BCUT2D eigenvalue weighted by Crippen LogP contribution is 2.42. The summed E-state index contributed by atoms with van der Waals surface area (Å²) in [7, 11) is 1.97. The summed E-state index contributed by atoms with van der Waals surface area (Å²) in [5.41, 5.74) is 3.20. The molecule has 1 aromatic heterocycles. The second-order valence-corrected chi connectivity index (χ2v) is 6.66. The van der Waals surface area contributed by atoms with Gasteiger partial charge in [-0.2, -0.15) is 0 Å². The summed E-state index contributed by atoms with van der Waals surface area (Å²) in [6.07, 6.45) is 3.84. The highest BCUT2D eigenvalue weighted by Gasteiger charge is 2.20. The third-order valence-corrected chi connectivity index (χ3v) is 4.98. The van der Waals surface area contributed by atoms with E-state index in [0.717, 1.165) is 64.4 Å². The number of nitrogens with zero attached hydrogens (tertiary/aromatic N) is 1. The summed E-state index contributed by atoms with van der Waals surface area (Å²) in [4.78, 5) is 4.72. The highest BCUT2D eigenvalue weighted by atomic mass is 16.7. The summed E-state index contributed by atoms with van der Waals surface area (Å²) >= 11 is 0. The average Bonchev–Trinajstić information content (AvgIpc) is 3.36. The minimum Gasteiger partial charge on any atom is -0.454 e. The minimum absolute atomic E-state index is 0.258. The van der Waals surface area contributed by atoms with E-state index in [-0.39, 0.29) is 13.6 Å². The number of hydrogen-bond acceptors (Lipinski definition) is 6. The Hall–Kier alpha value is -2.99. The molecule has 0 fully saturated rings. The van der Waals surface area contributed by atoms with Crippen LogP contribution in [0.25, 0.3) is 22.0 Å². The topological polar surface area (TPSA) is 61.8 Å². The normalized spacial score (nSPS) is 14.1. The molecule has 0 bridgehead atoms. The summed E-state index contributed by atoms with van der Waals surface area (Å²) in [6, 6.07) is 10.2. The smallest absolute Gasteiger partial charge is 0.231 e. The van der Waals surface area contributed by atoms with E-state index in [2.05, 4.69) is 17.4 Å². The molecular weight excluding hydrogens is 344 g/mol. The van der Waals surface area contributed by atoms with E-state index < -0.39 is 0 Å². The van der Waals surface area contributed by atoms with Crippen molar-refractivity contribution >= 4 is 10.8 Å². The summed E-state index contributed by atoms with van der Waals surface area (Å²) < 4.78 is 22.2. The lowest BCUT2D eigenvalue weighted by Gasteiger charge is -2.12. The van der Waals surface area contributed by atoms with Crippen molar-refractivity contribution in [1.29, 1.82) is 0 Å². The van der Waals surface area contributed by atoms with Gasteiger partial charge in [-0.1, -0.05) is 6.07 Å². The molecule has 0 saturated heterocycles. The van der Waals surface area contributed by atoms with Crippen molar-refractivity contribution < 1.29 is 18.9 Å². The molecule has 2 aliphatic heterocycles. The van der Waals surface area contributed by atoms with Gasteiger partial charge in [0.25, 0.3) is 0 Å². The Labute approximate surface area is 157 Å². The Morgan fingerprint density at radius 2 is 1.78 bits per heavy atom. The van der Waals surface area contributed by atoms with Crippen LogP contribution in [-0.4, -0.2) is 32.2 Å². The number of benzene rings is 2. The molecule has 0 unspecified atom stereocenters. The molecule has 3 aromatic rings. The van der Waals surface area contributed by atoms with Gasteiger partial charge in [0.15, 0.2) is 23.0 Å². The molecule has 0 spiro atoms. The van der Waals surface area contributed by atoms with Crippen LogP contribution in [0.15, 0.2) is 36.5 Å². The van der Waals surface area contributed by atoms with E-state index in [1.807, 2.05) is 31.4 Å². The van der Waals surface area contributed by atoms with E-state index in [0.29, 0.717) is 0 Å². The van der Waals surface area contributed by atoms with Crippen LogP contribution < -0.4 is 24.3 Å². The summed E-state index contributed by atoms with van der Waals surface area (Å²) in [6.45, 7) is 1.49. The fourth-order valence-corrected chi connectivity index (χ4v) is 3.62. The lowest BCUT2D eigenvalue weighted by molar-refractivity contribution is 0.174. The highest BCUT2D eigenvalue weighted by molar-refractivity contribution is 5.93. The maximum atomic E-state index is 5.60. The maximum absolute atomic E-state index is 5.60. The predicted molar refractivity (Wildman–Crippen MR) is 102 cm³/mol. The zero-order chi connectivity index (χ0) is 18.2. The average molecular weight is 364 g/mol. The van der Waals surface area contributed by atoms with E-state index in [1.165, 1.54) is 5.56 Å². The van der Waals surface area contributed by atoms with E-state index in [1.54, 1.807) is 0 Å². The molecule has 3 heterocycles. The Morgan fingerprint density at radius 3 is 2.67 bits per heavy atom. The Balaban J connectivity index is 1.59. The van der Waals surface area contributed by atoms with Gasteiger partial charge in [-0.15, -0.1) is 0 Å². The third kappa shape index (κ3) is 2.82. The Bertz CT molecular complexity index is 1020. The van der Waals surface area contributed by atoms with Crippen molar-refractivity contribution in [3.05, 3.63) is 42.1 Å². The van der Waals surface area contributed by atoms with Gasteiger partial charge >= 0.3 is 0 Å². The predicted octanol–water partition coefficient (Wildman–Crippen LogP) is 3.51. The second kappa shape index (κ2) is 6.63. The van der Waals surface area contributed by atoms with Gasteiger partial charge in [0, 0.05) is 17.1 Å². The fourth-order valence-electron chi connectivity index (χ4n) is 3.62. The number of pyridine rings is 1. The number of ether oxygens (including phenoxy) is 4. The first-order chi connectivity index (χ1) is 13.3. The second-order valence-electron chi connectivity index (χ2n) is 6.66. The first-order valence-corrected chi connectivity index (χ1v) is 9.09. The molecule has 6 heteroatoms. The van der Waals surface area contributed by atoms with Gasteiger partial charge in [-0.3, -0.25) is 4.98 Å². The van der Waals surface area contributed by atoms with Crippen molar-refractivity contribution in [3.63, 3.8) is 0 Å². The molecule has 0 radical (unpaired) electrons. The summed E-state index contributed by atoms with van der Waals surface area (Å²) in [5, 5.41) is 5.24. The quantitative estimate of drug-likeness (QED) is 0.699. The van der Waals surface area contributed by atoms with E-state index in [4.69, 9.17) is 23.9 Å². The van der Waals surface area contributed by atoms with Gasteiger partial charge in [0.05, 0.1) is 5.69 Å². The lowest BCUT2D eigenvalue weighted by atomic mass is 9.97. The standard InChI is InChI=1S/C21H20N2O4/c1-22-6-2-3-13-8-19-20(26-11-25-19)9-15(13)17-7-14-4-5-18-21(27-12-24-18)16(14)10-23-17/h4-5,7-10,22H,2-3,6,11-12H2,1H3. The van der Waals surface area contributed by atoms with Crippen molar-refractivity contribution in [2.75, 3.05) is 27.2 Å². The van der Waals surface area contributed by atoms with Crippen molar-refractivity contribution in [3.8, 4) is 34.3 Å². The van der Waals surface area contributed by atoms with Gasteiger partial charge in [-0.05, 0) is 61.6 Å². The molecule has 138 valence electrons. The fraction of sp³-hybridized carbons (Fsp3) is 0.286. The number of aryl methyl sites for hydroxylation is 1. The van der Waals surface area contributed by atoms with Gasteiger partial charge < -0.3 is 24.3 Å². The number of rotatable bonds is 5. The molecule has 0 saturated carbocycles. The van der Waals surface area contributed by atoms with Crippen LogP contribution in [0.4, 0.5) is 0 Å². The molecule has 1 N–H and O–H groups in total. The molecule has 2 aliphatic rings. The number of nitrogens with one attached hydrogen (secondary N) is 1. The van der Waals surface area contributed by atoms with E-state index in [9.17, 15) is 0 Å². The van der Waals surface area contributed by atoms with Gasteiger partial charge in [0.2, 0.25) is 13.6 Å². The van der Waals surface area contributed by atoms with Crippen LogP contribution in [-0.2, 0) is 6.42 Å². The van der Waals surface area contributed by atoms with Gasteiger partial charge in [-0.25, -0.2) is 0 Å². The first-order valence-electron chi connectivity index (χ1n) is 9.09. The van der Waals surface area contributed by atoms with Crippen molar-refractivity contribution in [1.82, 2.24) is 10.3 Å². The Kier molecular flexibility index (Phi) is 3.98. The summed E-state index contributed by atoms with van der Waals surface area (Å²) in [5.74, 6) is 3.12. The molecule has 6 nitrogen and oxygen atoms in total. The molecular formula is C21H20N2O4. The van der Waals surface area contributed by atoms with Crippen LogP contribution in [0, 0.1) is 0 Å². The third-order valence-electron chi connectivity index (χ3n) is 4.98.